The van der Waals surface area contributed by atoms with Gasteiger partial charge in [-0.05, 0) is 24.1 Å². The average Bonchev–Trinajstić information content (AvgIpc) is 2.66. The molecule has 0 radical (unpaired) electrons. The molecule has 0 aromatic heterocycles. The zero-order valence-corrected chi connectivity index (χ0v) is 10.4. The predicted octanol–water partition coefficient (Wildman–Crippen LogP) is 0.852. The van der Waals surface area contributed by atoms with Crippen LogP contribution in [0.2, 0.25) is 0 Å². The lowest BCUT2D eigenvalue weighted by atomic mass is 9.76. The SMILES string of the molecule is C=Cc1ccc2c3c1[C@@H](CN)OB3OC(C)CO2. The molecule has 1 unspecified atom stereocenters. The highest BCUT2D eigenvalue weighted by Crippen LogP contribution is 2.33. The fraction of sp³-hybridized carbons (Fsp3) is 0.385. The molecular formula is C13H16BNO3. The minimum Gasteiger partial charge on any atom is -0.491 e. The Morgan fingerprint density at radius 1 is 1.50 bits per heavy atom. The molecule has 0 fully saturated rings. The van der Waals surface area contributed by atoms with Crippen LogP contribution in [0.25, 0.3) is 6.08 Å². The van der Waals surface area contributed by atoms with Gasteiger partial charge in [0.05, 0.1) is 12.2 Å². The van der Waals surface area contributed by atoms with Crippen LogP contribution in [-0.4, -0.2) is 26.4 Å². The molecule has 0 bridgehead atoms. The normalized spacial score (nSPS) is 25.3. The third-order valence-corrected chi connectivity index (χ3v) is 3.39. The van der Waals surface area contributed by atoms with Gasteiger partial charge in [-0.1, -0.05) is 18.7 Å². The molecule has 0 spiro atoms. The van der Waals surface area contributed by atoms with E-state index in [0.29, 0.717) is 13.2 Å². The van der Waals surface area contributed by atoms with E-state index in [0.717, 1.165) is 22.3 Å². The topological polar surface area (TPSA) is 53.7 Å². The van der Waals surface area contributed by atoms with E-state index in [4.69, 9.17) is 19.8 Å². The van der Waals surface area contributed by atoms with Gasteiger partial charge in [0, 0.05) is 12.0 Å². The van der Waals surface area contributed by atoms with E-state index in [-0.39, 0.29) is 19.3 Å². The fourth-order valence-electron chi connectivity index (χ4n) is 2.56. The summed E-state index contributed by atoms with van der Waals surface area (Å²) < 4.78 is 17.5. The van der Waals surface area contributed by atoms with Crippen LogP contribution in [0.15, 0.2) is 18.7 Å². The Hall–Kier alpha value is -1.30. The van der Waals surface area contributed by atoms with Crippen LogP contribution in [0.1, 0.15) is 24.2 Å². The van der Waals surface area contributed by atoms with E-state index in [1.165, 1.54) is 0 Å². The van der Waals surface area contributed by atoms with E-state index < -0.39 is 0 Å². The molecule has 1 aromatic rings. The fourth-order valence-corrected chi connectivity index (χ4v) is 2.56. The van der Waals surface area contributed by atoms with Crippen molar-refractivity contribution in [1.29, 1.82) is 0 Å². The van der Waals surface area contributed by atoms with E-state index in [1.54, 1.807) is 0 Å². The van der Waals surface area contributed by atoms with Crippen molar-refractivity contribution < 1.29 is 14.0 Å². The lowest BCUT2D eigenvalue weighted by Crippen LogP contribution is -2.34. The van der Waals surface area contributed by atoms with Gasteiger partial charge in [-0.25, -0.2) is 0 Å². The van der Waals surface area contributed by atoms with Crippen LogP contribution in [0, 0.1) is 0 Å². The van der Waals surface area contributed by atoms with Crippen LogP contribution in [0.4, 0.5) is 0 Å². The third-order valence-electron chi connectivity index (χ3n) is 3.39. The van der Waals surface area contributed by atoms with Gasteiger partial charge in [0.2, 0.25) is 0 Å². The minimum absolute atomic E-state index is 0.000967. The molecule has 4 nitrogen and oxygen atoms in total. The Morgan fingerprint density at radius 3 is 3.06 bits per heavy atom. The van der Waals surface area contributed by atoms with E-state index in [9.17, 15) is 0 Å². The Balaban J connectivity index is 2.17. The number of benzene rings is 1. The van der Waals surface area contributed by atoms with Crippen molar-refractivity contribution in [1.82, 2.24) is 0 Å². The maximum Gasteiger partial charge on any atom is 0.498 e. The van der Waals surface area contributed by atoms with Crippen molar-refractivity contribution in [2.75, 3.05) is 13.2 Å². The number of rotatable bonds is 2. The van der Waals surface area contributed by atoms with Gasteiger partial charge in [0.15, 0.2) is 0 Å². The smallest absolute Gasteiger partial charge is 0.491 e. The van der Waals surface area contributed by atoms with E-state index >= 15 is 0 Å². The van der Waals surface area contributed by atoms with Gasteiger partial charge in [-0.15, -0.1) is 0 Å². The number of hydrogen-bond acceptors (Lipinski definition) is 4. The van der Waals surface area contributed by atoms with Gasteiger partial charge in [-0.3, -0.25) is 0 Å². The number of ether oxygens (including phenoxy) is 1. The molecule has 0 amide bonds. The molecule has 0 aliphatic carbocycles. The molecule has 0 saturated heterocycles. The average molecular weight is 245 g/mol. The molecule has 0 saturated carbocycles. The second-order valence-electron chi connectivity index (χ2n) is 4.63. The Bertz CT molecular complexity index is 491. The van der Waals surface area contributed by atoms with Crippen LogP contribution in [0.3, 0.4) is 0 Å². The van der Waals surface area contributed by atoms with Crippen molar-refractivity contribution in [3.63, 3.8) is 0 Å². The van der Waals surface area contributed by atoms with Crippen molar-refractivity contribution in [2.45, 2.75) is 19.1 Å². The van der Waals surface area contributed by atoms with Gasteiger partial charge in [-0.2, -0.15) is 0 Å². The third kappa shape index (κ3) is 1.67. The summed E-state index contributed by atoms with van der Waals surface area (Å²) in [5.74, 6) is 0.834. The Kier molecular flexibility index (Phi) is 2.89. The lowest BCUT2D eigenvalue weighted by Gasteiger charge is -2.16. The molecule has 94 valence electrons. The molecule has 18 heavy (non-hydrogen) atoms. The zero-order chi connectivity index (χ0) is 12.7. The maximum atomic E-state index is 5.88. The highest BCUT2D eigenvalue weighted by Gasteiger charge is 2.43. The molecule has 5 heteroatoms. The van der Waals surface area contributed by atoms with Crippen LogP contribution >= 0.6 is 0 Å². The highest BCUT2D eigenvalue weighted by molar-refractivity contribution is 6.64. The summed E-state index contributed by atoms with van der Waals surface area (Å²) in [6.45, 7) is 6.76. The van der Waals surface area contributed by atoms with Gasteiger partial charge in [0.25, 0.3) is 0 Å². The lowest BCUT2D eigenvalue weighted by molar-refractivity contribution is 0.101. The van der Waals surface area contributed by atoms with Crippen molar-refractivity contribution >= 4 is 18.7 Å². The number of hydrogen-bond donors (Lipinski definition) is 1. The summed E-state index contributed by atoms with van der Waals surface area (Å²) in [7, 11) is -0.374. The largest absolute Gasteiger partial charge is 0.498 e. The first-order chi connectivity index (χ1) is 8.74. The summed E-state index contributed by atoms with van der Waals surface area (Å²) >= 11 is 0. The second-order valence-corrected chi connectivity index (χ2v) is 4.63. The Morgan fingerprint density at radius 2 is 2.33 bits per heavy atom. The molecule has 1 aromatic carbocycles. The molecule has 2 N–H and O–H groups in total. The molecule has 2 aliphatic rings. The minimum atomic E-state index is -0.374. The standard InChI is InChI=1S/C13H16BNO3/c1-3-9-4-5-10-13-12(9)11(6-15)18-14(13)17-8(2)7-16-10/h3-5,8,11H,1,6-7,15H2,2H3/t8?,11-/m1/s1. The van der Waals surface area contributed by atoms with Crippen LogP contribution < -0.4 is 15.9 Å². The first kappa shape index (κ1) is 11.8. The quantitative estimate of drug-likeness (QED) is 0.785. The maximum absolute atomic E-state index is 5.88. The van der Waals surface area contributed by atoms with Gasteiger partial charge >= 0.3 is 7.12 Å². The van der Waals surface area contributed by atoms with E-state index in [1.807, 2.05) is 25.1 Å². The van der Waals surface area contributed by atoms with Gasteiger partial charge in [0.1, 0.15) is 12.4 Å². The molecular weight excluding hydrogens is 229 g/mol. The first-order valence-electron chi connectivity index (χ1n) is 6.17. The van der Waals surface area contributed by atoms with E-state index in [2.05, 4.69) is 6.58 Å². The monoisotopic (exact) mass is 245 g/mol. The summed E-state index contributed by atoms with van der Waals surface area (Å²) in [4.78, 5) is 0. The molecule has 2 aliphatic heterocycles. The Labute approximate surface area is 107 Å². The summed E-state index contributed by atoms with van der Waals surface area (Å²) in [5.41, 5.74) is 8.85. The molecule has 3 rings (SSSR count). The second kappa shape index (κ2) is 4.42. The van der Waals surface area contributed by atoms with Gasteiger partial charge < -0.3 is 19.8 Å². The highest BCUT2D eigenvalue weighted by atomic mass is 16.6. The van der Waals surface area contributed by atoms with Crippen LogP contribution in [-0.2, 0) is 9.31 Å². The van der Waals surface area contributed by atoms with Crippen molar-refractivity contribution in [3.05, 3.63) is 29.8 Å². The first-order valence-corrected chi connectivity index (χ1v) is 6.17. The van der Waals surface area contributed by atoms with Crippen molar-refractivity contribution in [2.24, 2.45) is 5.73 Å². The number of nitrogens with two attached hydrogens (primary N) is 1. The summed E-state index contributed by atoms with van der Waals surface area (Å²) in [6.07, 6.45) is 1.67. The van der Waals surface area contributed by atoms with Crippen molar-refractivity contribution in [3.8, 4) is 5.75 Å². The predicted molar refractivity (Wildman–Crippen MR) is 70.8 cm³/mol. The molecule has 2 heterocycles. The zero-order valence-electron chi connectivity index (χ0n) is 10.4. The summed E-state index contributed by atoms with van der Waals surface area (Å²) in [5, 5.41) is 0. The summed E-state index contributed by atoms with van der Waals surface area (Å²) in [6, 6.07) is 3.94. The van der Waals surface area contributed by atoms with Crippen LogP contribution in [0.5, 0.6) is 5.75 Å². The molecule has 2 atom stereocenters.